The van der Waals surface area contributed by atoms with Crippen molar-refractivity contribution in [2.24, 2.45) is 18.9 Å². The molecule has 0 bridgehead atoms. The van der Waals surface area contributed by atoms with Gasteiger partial charge in [-0.1, -0.05) is 6.42 Å². The second-order valence-corrected chi connectivity index (χ2v) is 12.0. The van der Waals surface area contributed by atoms with Crippen molar-refractivity contribution in [2.75, 3.05) is 17.2 Å². The normalized spacial score (nSPS) is 22.4. The summed E-state index contributed by atoms with van der Waals surface area (Å²) in [6.45, 7) is 0.594. The second-order valence-electron chi connectivity index (χ2n) is 10.9. The number of hydrogen-bond acceptors (Lipinski definition) is 7. The summed E-state index contributed by atoms with van der Waals surface area (Å²) in [5.41, 5.74) is 1.01. The first-order chi connectivity index (χ1) is 19.3. The molecule has 3 aromatic rings. The summed E-state index contributed by atoms with van der Waals surface area (Å²) >= 11 is 1.41. The molecule has 3 aliphatic rings. The van der Waals surface area contributed by atoms with Gasteiger partial charge in [-0.3, -0.25) is 18.8 Å². The van der Waals surface area contributed by atoms with Crippen LogP contribution in [0.15, 0.2) is 12.4 Å². The van der Waals surface area contributed by atoms with Gasteiger partial charge in [0.1, 0.15) is 29.0 Å². The Morgan fingerprint density at radius 2 is 2.02 bits per heavy atom. The third-order valence-electron chi connectivity index (χ3n) is 8.25. The molecular weight excluding hydrogens is 545 g/mol. The van der Waals surface area contributed by atoms with E-state index in [9.17, 15) is 22.8 Å². The van der Waals surface area contributed by atoms with E-state index in [0.29, 0.717) is 47.6 Å². The predicted molar refractivity (Wildman–Crippen MR) is 143 cm³/mol. The highest BCUT2D eigenvalue weighted by molar-refractivity contribution is 7.17. The molecule has 0 aliphatic heterocycles. The Balaban J connectivity index is 1.24. The number of alkyl halides is 3. The predicted octanol–water partition coefficient (Wildman–Crippen LogP) is 4.70. The lowest BCUT2D eigenvalue weighted by Gasteiger charge is -2.28. The molecule has 0 spiro atoms. The van der Waals surface area contributed by atoms with Crippen LogP contribution in [0, 0.1) is 11.8 Å². The van der Waals surface area contributed by atoms with Crippen molar-refractivity contribution in [1.82, 2.24) is 29.9 Å². The minimum Gasteiger partial charge on any atom is -0.352 e. The zero-order chi connectivity index (χ0) is 28.0. The smallest absolute Gasteiger partial charge is 0.282 e. The van der Waals surface area contributed by atoms with Gasteiger partial charge in [0.05, 0.1) is 5.56 Å². The molecule has 0 aromatic carbocycles. The van der Waals surface area contributed by atoms with Gasteiger partial charge in [0.15, 0.2) is 0 Å². The number of hydrogen-bond donors (Lipinski definition) is 3. The van der Waals surface area contributed by atoms with Gasteiger partial charge in [-0.05, 0) is 56.4 Å². The van der Waals surface area contributed by atoms with E-state index in [1.165, 1.54) is 28.5 Å². The highest BCUT2D eigenvalue weighted by Crippen LogP contribution is 2.43. The van der Waals surface area contributed by atoms with Gasteiger partial charge in [0.25, 0.3) is 12.3 Å². The summed E-state index contributed by atoms with van der Waals surface area (Å²) in [6, 6.07) is 1.16. The molecule has 214 valence electrons. The molecule has 3 aliphatic carbocycles. The maximum atomic E-state index is 13.5. The van der Waals surface area contributed by atoms with E-state index in [1.807, 2.05) is 4.57 Å². The van der Waals surface area contributed by atoms with Crippen molar-refractivity contribution in [3.8, 4) is 0 Å². The van der Waals surface area contributed by atoms with Crippen LogP contribution in [0.25, 0.3) is 0 Å². The number of anilines is 3. The van der Waals surface area contributed by atoms with Crippen LogP contribution in [-0.2, 0) is 24.7 Å². The Bertz CT molecular complexity index is 1410. The van der Waals surface area contributed by atoms with Crippen LogP contribution in [0.2, 0.25) is 0 Å². The first-order valence-electron chi connectivity index (χ1n) is 13.6. The van der Waals surface area contributed by atoms with Crippen molar-refractivity contribution < 1.29 is 22.8 Å². The number of amides is 2. The zero-order valence-electron chi connectivity index (χ0n) is 22.0. The molecule has 2 amide bonds. The molecule has 2 saturated carbocycles. The van der Waals surface area contributed by atoms with Gasteiger partial charge < -0.3 is 16.0 Å². The summed E-state index contributed by atoms with van der Waals surface area (Å²) in [6.07, 6.45) is 3.64. The fraction of sp³-hybridized carbons (Fsp3) is 0.577. The quantitative estimate of drug-likeness (QED) is 0.340. The van der Waals surface area contributed by atoms with Crippen molar-refractivity contribution in [1.29, 1.82) is 0 Å². The Morgan fingerprint density at radius 1 is 1.23 bits per heavy atom. The highest BCUT2D eigenvalue weighted by atomic mass is 32.1. The average Bonchev–Trinajstić information content (AvgIpc) is 3.58. The number of aryl methyl sites for hydroxylation is 2. The van der Waals surface area contributed by atoms with Gasteiger partial charge in [0, 0.05) is 36.5 Å². The van der Waals surface area contributed by atoms with Crippen LogP contribution in [0.5, 0.6) is 0 Å². The molecule has 0 radical (unpaired) electrons. The topological polar surface area (TPSA) is 119 Å². The molecule has 3 heterocycles. The second kappa shape index (κ2) is 10.9. The van der Waals surface area contributed by atoms with E-state index in [1.54, 1.807) is 13.4 Å². The van der Waals surface area contributed by atoms with Crippen LogP contribution in [0.1, 0.15) is 77.5 Å². The van der Waals surface area contributed by atoms with Gasteiger partial charge in [-0.2, -0.15) is 5.10 Å². The van der Waals surface area contributed by atoms with E-state index in [4.69, 9.17) is 0 Å². The Hall–Kier alpha value is -3.42. The molecule has 2 fully saturated rings. The minimum atomic E-state index is -2.69. The van der Waals surface area contributed by atoms with Gasteiger partial charge in [-0.15, -0.1) is 21.5 Å². The van der Waals surface area contributed by atoms with Crippen molar-refractivity contribution in [3.63, 3.8) is 0 Å². The SMILES string of the molecule is Cn1nc(C(F)F)cc1Nc1nncn1C1CCc2sc(NC(=O)C3CC(F)C3)c(C(=O)NCC3CCC3)c2C1. The van der Waals surface area contributed by atoms with E-state index < -0.39 is 12.6 Å². The highest BCUT2D eigenvalue weighted by Gasteiger charge is 2.37. The first-order valence-corrected chi connectivity index (χ1v) is 14.4. The number of rotatable bonds is 9. The van der Waals surface area contributed by atoms with Crippen molar-refractivity contribution in [2.45, 2.75) is 70.0 Å². The van der Waals surface area contributed by atoms with Crippen LogP contribution < -0.4 is 16.0 Å². The van der Waals surface area contributed by atoms with Gasteiger partial charge in [0.2, 0.25) is 11.9 Å². The minimum absolute atomic E-state index is 0.108. The summed E-state index contributed by atoms with van der Waals surface area (Å²) < 4.78 is 42.8. The van der Waals surface area contributed by atoms with Crippen molar-refractivity contribution in [3.05, 3.63) is 34.1 Å². The number of thiophene rings is 1. The van der Waals surface area contributed by atoms with E-state index >= 15 is 0 Å². The number of fused-ring (bicyclic) bond motifs is 1. The van der Waals surface area contributed by atoms with Gasteiger partial charge in [-0.25, -0.2) is 13.2 Å². The molecule has 40 heavy (non-hydrogen) atoms. The van der Waals surface area contributed by atoms with Crippen LogP contribution >= 0.6 is 11.3 Å². The third-order valence-corrected chi connectivity index (χ3v) is 9.46. The van der Waals surface area contributed by atoms with Crippen LogP contribution in [-0.4, -0.2) is 49.1 Å². The lowest BCUT2D eigenvalue weighted by Crippen LogP contribution is -2.36. The summed E-state index contributed by atoms with van der Waals surface area (Å²) in [5.74, 6) is 0.363. The maximum absolute atomic E-state index is 13.5. The lowest BCUT2D eigenvalue weighted by molar-refractivity contribution is -0.124. The fourth-order valence-corrected chi connectivity index (χ4v) is 6.80. The number of nitrogens with zero attached hydrogens (tertiary/aromatic N) is 5. The van der Waals surface area contributed by atoms with Gasteiger partial charge >= 0.3 is 0 Å². The molecule has 6 rings (SSSR count). The maximum Gasteiger partial charge on any atom is 0.282 e. The van der Waals surface area contributed by atoms with Crippen LogP contribution in [0.3, 0.4) is 0 Å². The molecule has 1 atom stereocenters. The molecule has 1 unspecified atom stereocenters. The largest absolute Gasteiger partial charge is 0.352 e. The molecular formula is C26H31F3N8O2S. The number of aromatic nitrogens is 5. The molecule has 3 N–H and O–H groups in total. The Kier molecular flexibility index (Phi) is 7.27. The van der Waals surface area contributed by atoms with Crippen molar-refractivity contribution >= 4 is 39.9 Å². The molecule has 0 saturated heterocycles. The molecule has 10 nitrogen and oxygen atoms in total. The van der Waals surface area contributed by atoms with Crippen LogP contribution in [0.4, 0.5) is 29.9 Å². The first kappa shape index (κ1) is 26.8. The lowest BCUT2D eigenvalue weighted by atomic mass is 9.83. The third kappa shape index (κ3) is 5.20. The van der Waals surface area contributed by atoms with E-state index in [2.05, 4.69) is 31.2 Å². The zero-order valence-corrected chi connectivity index (χ0v) is 22.8. The number of halogens is 3. The molecule has 14 heteroatoms. The average molecular weight is 577 g/mol. The summed E-state index contributed by atoms with van der Waals surface area (Å²) in [4.78, 5) is 27.3. The monoisotopic (exact) mass is 576 g/mol. The number of carbonyl (C=O) groups excluding carboxylic acids is 2. The fourth-order valence-electron chi connectivity index (χ4n) is 5.56. The number of nitrogens with one attached hydrogen (secondary N) is 3. The molecule has 3 aromatic heterocycles. The Labute approximate surface area is 232 Å². The summed E-state index contributed by atoms with van der Waals surface area (Å²) in [5, 5.41) is 21.6. The summed E-state index contributed by atoms with van der Waals surface area (Å²) in [7, 11) is 1.56. The Morgan fingerprint density at radius 3 is 2.70 bits per heavy atom. The van der Waals surface area contributed by atoms with E-state index in [0.717, 1.165) is 29.7 Å². The standard InChI is InChI=1S/C26H31F3N8O2S/c1-36-20(10-18(35-36)22(28)29)32-26-34-31-12-37(26)16-5-6-19-17(9-16)21(24(39)30-11-13-3-2-4-13)25(40-19)33-23(38)14-7-15(27)8-14/h10,12-16,22H,2-9,11H2,1H3,(H,30,39)(H,32,34)(H,33,38). The van der Waals surface area contributed by atoms with E-state index in [-0.39, 0.29) is 42.3 Å². The number of carbonyl (C=O) groups is 2.